The van der Waals surface area contributed by atoms with Crippen molar-refractivity contribution < 1.29 is 14.4 Å². The minimum Gasteiger partial charge on any atom is -0.477 e. The second-order valence-electron chi connectivity index (χ2n) is 8.29. The SMILES string of the molecule is C/C=C/CCCCCCCCCCCCCCC1=NC=C[N+]1(CCN)CC(=O)O. The van der Waals surface area contributed by atoms with Crippen molar-refractivity contribution in [2.45, 2.75) is 96.8 Å². The molecule has 3 N–H and O–H groups in total. The molecule has 166 valence electrons. The number of hydrogen-bond donors (Lipinski definition) is 2. The molecule has 1 aliphatic rings. The van der Waals surface area contributed by atoms with Gasteiger partial charge in [0.25, 0.3) is 0 Å². The first-order valence-corrected chi connectivity index (χ1v) is 11.8. The molecule has 29 heavy (non-hydrogen) atoms. The number of unbranched alkanes of at least 4 members (excludes halogenated alkanes) is 12. The van der Waals surface area contributed by atoms with Crippen molar-refractivity contribution in [3.05, 3.63) is 24.6 Å². The number of allylic oxidation sites excluding steroid dienone is 2. The summed E-state index contributed by atoms with van der Waals surface area (Å²) in [5.74, 6) is 0.162. The van der Waals surface area contributed by atoms with Crippen LogP contribution in [-0.4, -0.2) is 41.0 Å². The van der Waals surface area contributed by atoms with Crippen molar-refractivity contribution in [1.82, 2.24) is 0 Å². The fourth-order valence-electron chi connectivity index (χ4n) is 4.11. The maximum atomic E-state index is 11.2. The van der Waals surface area contributed by atoms with Crippen molar-refractivity contribution in [3.63, 3.8) is 0 Å². The zero-order valence-corrected chi connectivity index (χ0v) is 18.7. The number of aliphatic imine (C=N–C) groups is 1. The van der Waals surface area contributed by atoms with Crippen LogP contribution in [0.25, 0.3) is 0 Å². The number of aliphatic carboxylic acids is 1. The third-order valence-electron chi connectivity index (χ3n) is 5.79. The van der Waals surface area contributed by atoms with Gasteiger partial charge in [0.05, 0.1) is 6.20 Å². The summed E-state index contributed by atoms with van der Waals surface area (Å²) in [7, 11) is 0. The van der Waals surface area contributed by atoms with E-state index in [4.69, 9.17) is 5.73 Å². The zero-order chi connectivity index (χ0) is 21.2. The van der Waals surface area contributed by atoms with Gasteiger partial charge in [-0.1, -0.05) is 76.4 Å². The summed E-state index contributed by atoms with van der Waals surface area (Å²) >= 11 is 0. The highest BCUT2D eigenvalue weighted by atomic mass is 16.4. The molecule has 0 saturated carbocycles. The summed E-state index contributed by atoms with van der Waals surface area (Å²) in [6.07, 6.45) is 26.0. The van der Waals surface area contributed by atoms with Gasteiger partial charge in [0.2, 0.25) is 5.84 Å². The molecular formula is C24H44N3O2+. The van der Waals surface area contributed by atoms with E-state index in [9.17, 15) is 9.90 Å². The van der Waals surface area contributed by atoms with E-state index in [1.54, 1.807) is 6.20 Å². The number of amidine groups is 1. The molecule has 1 atom stereocenters. The van der Waals surface area contributed by atoms with Crippen LogP contribution >= 0.6 is 0 Å². The minimum absolute atomic E-state index is 0.0440. The van der Waals surface area contributed by atoms with Gasteiger partial charge in [-0.25, -0.2) is 14.3 Å². The summed E-state index contributed by atoms with van der Waals surface area (Å²) in [5, 5.41) is 9.24. The predicted octanol–water partition coefficient (Wildman–Crippen LogP) is 5.77. The lowest BCUT2D eigenvalue weighted by Crippen LogP contribution is -2.52. The first kappa shape index (κ1) is 25.6. The molecule has 0 spiro atoms. The topological polar surface area (TPSA) is 75.7 Å². The Morgan fingerprint density at radius 1 is 1.00 bits per heavy atom. The van der Waals surface area contributed by atoms with Crippen LogP contribution in [0.4, 0.5) is 0 Å². The van der Waals surface area contributed by atoms with Crippen LogP contribution in [0.5, 0.6) is 0 Å². The molecule has 0 aliphatic carbocycles. The van der Waals surface area contributed by atoms with E-state index in [-0.39, 0.29) is 6.54 Å². The first-order chi connectivity index (χ1) is 14.1. The van der Waals surface area contributed by atoms with Crippen LogP contribution in [0.1, 0.15) is 96.8 Å². The molecule has 5 heteroatoms. The van der Waals surface area contributed by atoms with E-state index in [0.717, 1.165) is 18.7 Å². The van der Waals surface area contributed by atoms with E-state index in [1.165, 1.54) is 77.0 Å². The van der Waals surface area contributed by atoms with Crippen LogP contribution in [0.2, 0.25) is 0 Å². The monoisotopic (exact) mass is 406 g/mol. The maximum absolute atomic E-state index is 11.2. The Balaban J connectivity index is 2.00. The number of carbonyl (C=O) groups is 1. The summed E-state index contributed by atoms with van der Waals surface area (Å²) in [6.45, 7) is 3.21. The summed E-state index contributed by atoms with van der Waals surface area (Å²) in [6, 6.07) is 0. The number of nitrogens with zero attached hydrogens (tertiary/aromatic N) is 2. The van der Waals surface area contributed by atoms with Gasteiger partial charge in [0.15, 0.2) is 6.54 Å². The molecule has 1 heterocycles. The second-order valence-corrected chi connectivity index (χ2v) is 8.29. The average molecular weight is 407 g/mol. The number of carboxylic acids is 1. The fourth-order valence-corrected chi connectivity index (χ4v) is 4.11. The van der Waals surface area contributed by atoms with Crippen molar-refractivity contribution in [2.75, 3.05) is 19.6 Å². The minimum atomic E-state index is -0.800. The second kappa shape index (κ2) is 16.3. The Hall–Kier alpha value is -1.46. The third-order valence-corrected chi connectivity index (χ3v) is 5.79. The molecule has 0 saturated heterocycles. The van der Waals surface area contributed by atoms with E-state index in [0.29, 0.717) is 17.6 Å². The van der Waals surface area contributed by atoms with E-state index in [1.807, 2.05) is 6.20 Å². The lowest BCUT2D eigenvalue weighted by molar-refractivity contribution is -0.778. The lowest BCUT2D eigenvalue weighted by atomic mass is 10.0. The zero-order valence-electron chi connectivity index (χ0n) is 18.7. The largest absolute Gasteiger partial charge is 0.477 e. The Bertz CT molecular complexity index is 528. The van der Waals surface area contributed by atoms with E-state index in [2.05, 4.69) is 24.1 Å². The van der Waals surface area contributed by atoms with Gasteiger partial charge in [0, 0.05) is 13.0 Å². The smallest absolute Gasteiger partial charge is 0.360 e. The molecular weight excluding hydrogens is 362 g/mol. The lowest BCUT2D eigenvalue weighted by Gasteiger charge is -2.30. The van der Waals surface area contributed by atoms with Gasteiger partial charge in [0.1, 0.15) is 12.7 Å². The normalized spacial score (nSPS) is 18.6. The number of quaternary nitrogens is 1. The van der Waals surface area contributed by atoms with Crippen LogP contribution in [-0.2, 0) is 4.79 Å². The molecule has 0 bridgehead atoms. The highest BCUT2D eigenvalue weighted by Gasteiger charge is 2.36. The average Bonchev–Trinajstić information content (AvgIpc) is 3.06. The van der Waals surface area contributed by atoms with Gasteiger partial charge in [-0.05, 0) is 26.2 Å². The molecule has 0 aromatic carbocycles. The van der Waals surface area contributed by atoms with Crippen molar-refractivity contribution in [2.24, 2.45) is 10.7 Å². The fraction of sp³-hybridized carbons (Fsp3) is 0.750. The number of nitrogens with two attached hydrogens (primary N) is 1. The molecule has 0 aromatic heterocycles. The Kier molecular flexibility index (Phi) is 14.4. The van der Waals surface area contributed by atoms with E-state index >= 15 is 0 Å². The van der Waals surface area contributed by atoms with Crippen molar-refractivity contribution in [1.29, 1.82) is 0 Å². The molecule has 0 radical (unpaired) electrons. The third kappa shape index (κ3) is 11.3. The Labute approximate surface area is 178 Å². The number of hydrogen-bond acceptors (Lipinski definition) is 3. The summed E-state index contributed by atoms with van der Waals surface area (Å²) < 4.78 is 0.307. The quantitative estimate of drug-likeness (QED) is 0.162. The van der Waals surface area contributed by atoms with Gasteiger partial charge in [-0.15, -0.1) is 0 Å². The number of rotatable bonds is 19. The maximum Gasteiger partial charge on any atom is 0.360 e. The first-order valence-electron chi connectivity index (χ1n) is 11.8. The Morgan fingerprint density at radius 2 is 1.55 bits per heavy atom. The van der Waals surface area contributed by atoms with E-state index < -0.39 is 5.97 Å². The number of carboxylic acid groups (broad SMARTS) is 1. The van der Waals surface area contributed by atoms with Crippen molar-refractivity contribution >= 4 is 11.8 Å². The van der Waals surface area contributed by atoms with Gasteiger partial charge >= 0.3 is 5.97 Å². The molecule has 5 nitrogen and oxygen atoms in total. The highest BCUT2D eigenvalue weighted by molar-refractivity contribution is 5.81. The van der Waals surface area contributed by atoms with Gasteiger partial charge < -0.3 is 10.8 Å². The Morgan fingerprint density at radius 3 is 2.07 bits per heavy atom. The van der Waals surface area contributed by atoms with Crippen LogP contribution < -0.4 is 5.73 Å². The molecule has 0 aromatic rings. The summed E-state index contributed by atoms with van der Waals surface area (Å²) in [4.78, 5) is 15.7. The van der Waals surface area contributed by atoms with Crippen LogP contribution in [0, 0.1) is 0 Å². The van der Waals surface area contributed by atoms with Crippen LogP contribution in [0.15, 0.2) is 29.5 Å². The van der Waals surface area contributed by atoms with Crippen molar-refractivity contribution in [3.8, 4) is 0 Å². The van der Waals surface area contributed by atoms with Crippen LogP contribution in [0.3, 0.4) is 0 Å². The molecule has 1 unspecified atom stereocenters. The molecule has 1 rings (SSSR count). The molecule has 0 fully saturated rings. The standard InChI is InChI=1S/C24H43N3O2/c1-2-3-4-5-6-7-8-9-10-11-12-13-14-15-16-17-23-26-19-21-27(23,20-18-25)22-24(28)29/h2-3,19,21H,4-18,20,22,25H2,1H3/p+1/b3-2+. The van der Waals surface area contributed by atoms with Gasteiger partial charge in [-0.3, -0.25) is 0 Å². The van der Waals surface area contributed by atoms with Gasteiger partial charge in [-0.2, -0.15) is 0 Å². The summed E-state index contributed by atoms with van der Waals surface area (Å²) in [5.41, 5.74) is 5.72. The predicted molar refractivity (Wildman–Crippen MR) is 123 cm³/mol. The molecule has 1 aliphatic heterocycles. The molecule has 0 amide bonds. The highest BCUT2D eigenvalue weighted by Crippen LogP contribution is 2.21.